The number of carbonyl (C=O) groups excluding carboxylic acids is 1. The molecular formula is C24H26BrNO6. The number of benzene rings is 2. The fraction of sp³-hybridized carbons (Fsp3) is 0.333. The Morgan fingerprint density at radius 3 is 2.12 bits per heavy atom. The van der Waals surface area contributed by atoms with Crippen LogP contribution in [-0.4, -0.2) is 51.3 Å². The Labute approximate surface area is 195 Å². The minimum atomic E-state index is -0.433. The van der Waals surface area contributed by atoms with Gasteiger partial charge in [0.2, 0.25) is 0 Å². The number of methoxy groups -OCH3 is 4. The molecule has 0 amide bonds. The summed E-state index contributed by atoms with van der Waals surface area (Å²) in [6, 6.07) is 9.16. The highest BCUT2D eigenvalue weighted by atomic mass is 79.9. The van der Waals surface area contributed by atoms with Crippen LogP contribution in [0.15, 0.2) is 30.3 Å². The van der Waals surface area contributed by atoms with E-state index in [9.17, 15) is 4.79 Å². The minimum absolute atomic E-state index is 0.252. The highest BCUT2D eigenvalue weighted by molar-refractivity contribution is 9.09. The monoisotopic (exact) mass is 503 g/mol. The molecule has 8 heteroatoms. The second-order valence-electron chi connectivity index (χ2n) is 6.76. The molecule has 0 bridgehead atoms. The van der Waals surface area contributed by atoms with Crippen LogP contribution in [0.3, 0.4) is 0 Å². The van der Waals surface area contributed by atoms with Crippen LogP contribution in [0.4, 0.5) is 0 Å². The first-order chi connectivity index (χ1) is 15.5. The summed E-state index contributed by atoms with van der Waals surface area (Å²) in [5, 5.41) is 1.37. The molecule has 0 N–H and O–H groups in total. The maximum atomic E-state index is 13.1. The first-order valence-electron chi connectivity index (χ1n) is 10.1. The number of nitrogens with zero attached hydrogens (tertiary/aromatic N) is 1. The Kier molecular flexibility index (Phi) is 7.80. The number of fused-ring (bicyclic) bond motifs is 1. The molecule has 3 rings (SSSR count). The second-order valence-corrected chi connectivity index (χ2v) is 7.56. The summed E-state index contributed by atoms with van der Waals surface area (Å²) in [4.78, 5) is 17.9. The molecule has 0 unspecified atom stereocenters. The Morgan fingerprint density at radius 1 is 0.906 bits per heavy atom. The van der Waals surface area contributed by atoms with E-state index in [1.54, 1.807) is 41.4 Å². The molecular weight excluding hydrogens is 478 g/mol. The zero-order valence-electron chi connectivity index (χ0n) is 18.8. The Hall–Kier alpha value is -3.00. The number of aryl methyl sites for hydroxylation is 1. The molecule has 0 atom stereocenters. The number of aromatic nitrogens is 1. The molecule has 170 valence electrons. The molecule has 1 heterocycles. The SMILES string of the molecule is CCOC(=O)c1c(CCBr)nc2cc(OC)c(OC)cc2c1-c1ccc(OC)c(OC)c1. The van der Waals surface area contributed by atoms with Crippen molar-refractivity contribution in [2.75, 3.05) is 40.4 Å². The van der Waals surface area contributed by atoms with E-state index >= 15 is 0 Å². The summed E-state index contributed by atoms with van der Waals surface area (Å²) in [7, 11) is 6.29. The lowest BCUT2D eigenvalue weighted by molar-refractivity contribution is 0.0525. The van der Waals surface area contributed by atoms with E-state index in [1.807, 2.05) is 24.3 Å². The summed E-state index contributed by atoms with van der Waals surface area (Å²) in [6.45, 7) is 2.03. The van der Waals surface area contributed by atoms with Crippen LogP contribution < -0.4 is 18.9 Å². The van der Waals surface area contributed by atoms with Crippen LogP contribution >= 0.6 is 15.9 Å². The van der Waals surface area contributed by atoms with Crippen molar-refractivity contribution in [1.29, 1.82) is 0 Å². The van der Waals surface area contributed by atoms with Gasteiger partial charge in [-0.15, -0.1) is 0 Å². The van der Waals surface area contributed by atoms with E-state index in [4.69, 9.17) is 28.7 Å². The number of rotatable bonds is 9. The van der Waals surface area contributed by atoms with Gasteiger partial charge in [-0.2, -0.15) is 0 Å². The average Bonchev–Trinajstić information content (AvgIpc) is 2.82. The molecule has 0 aliphatic carbocycles. The van der Waals surface area contributed by atoms with Crippen molar-refractivity contribution < 1.29 is 28.5 Å². The lowest BCUT2D eigenvalue weighted by Gasteiger charge is -2.19. The first kappa shape index (κ1) is 23.7. The Morgan fingerprint density at radius 2 is 1.53 bits per heavy atom. The number of alkyl halides is 1. The highest BCUT2D eigenvalue weighted by Gasteiger charge is 2.25. The van der Waals surface area contributed by atoms with E-state index in [-0.39, 0.29) is 6.61 Å². The Balaban J connectivity index is 2.47. The fourth-order valence-electron chi connectivity index (χ4n) is 3.63. The van der Waals surface area contributed by atoms with Gasteiger partial charge in [0, 0.05) is 28.8 Å². The molecule has 0 radical (unpaired) electrons. The van der Waals surface area contributed by atoms with E-state index in [0.29, 0.717) is 57.1 Å². The largest absolute Gasteiger partial charge is 0.493 e. The van der Waals surface area contributed by atoms with Crippen LogP contribution in [0.2, 0.25) is 0 Å². The maximum absolute atomic E-state index is 13.1. The van der Waals surface area contributed by atoms with E-state index < -0.39 is 5.97 Å². The van der Waals surface area contributed by atoms with Crippen molar-refractivity contribution in [3.8, 4) is 34.1 Å². The van der Waals surface area contributed by atoms with Gasteiger partial charge in [0.25, 0.3) is 0 Å². The molecule has 0 aliphatic heterocycles. The third-order valence-corrected chi connectivity index (χ3v) is 5.44. The average molecular weight is 504 g/mol. The number of ether oxygens (including phenoxy) is 5. The van der Waals surface area contributed by atoms with Crippen molar-refractivity contribution in [1.82, 2.24) is 4.98 Å². The lowest BCUT2D eigenvalue weighted by Crippen LogP contribution is -2.13. The van der Waals surface area contributed by atoms with Crippen LogP contribution in [0.1, 0.15) is 23.0 Å². The molecule has 0 fully saturated rings. The van der Waals surface area contributed by atoms with Crippen LogP contribution in [0.25, 0.3) is 22.0 Å². The summed E-state index contributed by atoms with van der Waals surface area (Å²) in [5.74, 6) is 1.79. The second kappa shape index (κ2) is 10.5. The number of pyridine rings is 1. The topological polar surface area (TPSA) is 76.1 Å². The summed E-state index contributed by atoms with van der Waals surface area (Å²) < 4.78 is 27.3. The smallest absolute Gasteiger partial charge is 0.340 e. The van der Waals surface area contributed by atoms with Crippen molar-refractivity contribution in [2.45, 2.75) is 13.3 Å². The number of carbonyl (C=O) groups is 1. The zero-order chi connectivity index (χ0) is 23.3. The number of esters is 1. The summed E-state index contributed by atoms with van der Waals surface area (Å²) >= 11 is 3.47. The maximum Gasteiger partial charge on any atom is 0.340 e. The molecule has 3 aromatic rings. The van der Waals surface area contributed by atoms with Gasteiger partial charge in [-0.1, -0.05) is 22.0 Å². The molecule has 0 aliphatic rings. The van der Waals surface area contributed by atoms with Gasteiger partial charge < -0.3 is 23.7 Å². The highest BCUT2D eigenvalue weighted by Crippen LogP contribution is 2.41. The summed E-state index contributed by atoms with van der Waals surface area (Å²) in [5.41, 5.74) is 3.17. The van der Waals surface area contributed by atoms with Gasteiger partial charge in [0.15, 0.2) is 23.0 Å². The fourth-order valence-corrected chi connectivity index (χ4v) is 4.00. The standard InChI is InChI=1S/C24H26BrNO6/c1-6-32-24(27)23-16(9-10-25)26-17-13-21(31-5)20(30-4)12-15(17)22(23)14-7-8-18(28-2)19(11-14)29-3/h7-8,11-13H,6,9-10H2,1-5H3. The van der Waals surface area contributed by atoms with Crippen molar-refractivity contribution >= 4 is 32.8 Å². The molecule has 0 saturated heterocycles. The van der Waals surface area contributed by atoms with Crippen molar-refractivity contribution in [3.05, 3.63) is 41.6 Å². The Bertz CT molecular complexity index is 1130. The molecule has 0 saturated carbocycles. The number of hydrogen-bond donors (Lipinski definition) is 0. The van der Waals surface area contributed by atoms with Gasteiger partial charge in [0.1, 0.15) is 0 Å². The van der Waals surface area contributed by atoms with E-state index in [1.165, 1.54) is 0 Å². The normalized spacial score (nSPS) is 10.7. The van der Waals surface area contributed by atoms with Crippen LogP contribution in [0, 0.1) is 0 Å². The molecule has 32 heavy (non-hydrogen) atoms. The quantitative estimate of drug-likeness (QED) is 0.298. The van der Waals surface area contributed by atoms with E-state index in [0.717, 1.165) is 10.9 Å². The molecule has 2 aromatic carbocycles. The first-order valence-corrected chi connectivity index (χ1v) is 11.2. The predicted octanol–water partition coefficient (Wildman–Crippen LogP) is 5.05. The molecule has 1 aromatic heterocycles. The van der Waals surface area contributed by atoms with Crippen LogP contribution in [-0.2, 0) is 11.2 Å². The third-order valence-electron chi connectivity index (χ3n) is 5.05. The molecule has 0 spiro atoms. The van der Waals surface area contributed by atoms with Gasteiger partial charge >= 0.3 is 5.97 Å². The van der Waals surface area contributed by atoms with Crippen molar-refractivity contribution in [3.63, 3.8) is 0 Å². The number of halogens is 1. The number of hydrogen-bond acceptors (Lipinski definition) is 7. The van der Waals surface area contributed by atoms with Gasteiger partial charge in [-0.3, -0.25) is 4.98 Å². The lowest BCUT2D eigenvalue weighted by atomic mass is 9.92. The molecule has 7 nitrogen and oxygen atoms in total. The van der Waals surface area contributed by atoms with Crippen LogP contribution in [0.5, 0.6) is 23.0 Å². The third kappa shape index (κ3) is 4.46. The van der Waals surface area contributed by atoms with E-state index in [2.05, 4.69) is 15.9 Å². The van der Waals surface area contributed by atoms with Gasteiger partial charge in [0.05, 0.1) is 51.8 Å². The summed E-state index contributed by atoms with van der Waals surface area (Å²) in [6.07, 6.45) is 0.540. The predicted molar refractivity (Wildman–Crippen MR) is 127 cm³/mol. The van der Waals surface area contributed by atoms with Crippen molar-refractivity contribution in [2.24, 2.45) is 0 Å². The van der Waals surface area contributed by atoms with Gasteiger partial charge in [-0.25, -0.2) is 4.79 Å². The minimum Gasteiger partial charge on any atom is -0.493 e. The van der Waals surface area contributed by atoms with Gasteiger partial charge in [-0.05, 0) is 30.7 Å². The zero-order valence-corrected chi connectivity index (χ0v) is 20.4.